The number of rotatable bonds is 6. The number of amides is 2. The summed E-state index contributed by atoms with van der Waals surface area (Å²) in [6.07, 6.45) is -1.40. The van der Waals surface area contributed by atoms with Gasteiger partial charge in [-0.15, -0.1) is 0 Å². The van der Waals surface area contributed by atoms with Gasteiger partial charge in [0.15, 0.2) is 0 Å². The Bertz CT molecular complexity index is 672. The third-order valence-corrected chi connectivity index (χ3v) is 4.30. The van der Waals surface area contributed by atoms with Crippen molar-refractivity contribution in [2.24, 2.45) is 0 Å². The van der Waals surface area contributed by atoms with Gasteiger partial charge in [-0.25, -0.2) is 9.59 Å². The second-order valence-electron chi connectivity index (χ2n) is 9.83. The van der Waals surface area contributed by atoms with Gasteiger partial charge in [0, 0.05) is 32.7 Å². The van der Waals surface area contributed by atoms with Crippen LogP contribution in [-0.2, 0) is 20.8 Å². The second kappa shape index (κ2) is 10.8. The maximum absolute atomic E-state index is 12.0. The van der Waals surface area contributed by atoms with E-state index >= 15 is 0 Å². The van der Waals surface area contributed by atoms with E-state index < -0.39 is 23.4 Å². The van der Waals surface area contributed by atoms with Crippen LogP contribution in [0.2, 0.25) is 0 Å². The Morgan fingerprint density at radius 2 is 1.35 bits per heavy atom. The number of carbonyl (C=O) groups is 2. The van der Waals surface area contributed by atoms with Gasteiger partial charge in [-0.05, 0) is 47.1 Å². The molecule has 174 valence electrons. The quantitative estimate of drug-likeness (QED) is 0.713. The van der Waals surface area contributed by atoms with Crippen molar-refractivity contribution < 1.29 is 23.8 Å². The predicted octanol–water partition coefficient (Wildman–Crippen LogP) is 3.31. The van der Waals surface area contributed by atoms with Crippen molar-refractivity contribution in [3.8, 4) is 0 Å². The number of carbonyl (C=O) groups excluding carboxylic acids is 2. The molecule has 1 fully saturated rings. The summed E-state index contributed by atoms with van der Waals surface area (Å²) in [5.74, 6) is 0. The molecule has 31 heavy (non-hydrogen) atoms. The van der Waals surface area contributed by atoms with Crippen molar-refractivity contribution in [2.75, 3.05) is 26.2 Å². The predicted molar refractivity (Wildman–Crippen MR) is 119 cm³/mol. The Labute approximate surface area is 185 Å². The summed E-state index contributed by atoms with van der Waals surface area (Å²) in [5.41, 5.74) is 0.0788. The fourth-order valence-corrected chi connectivity index (χ4v) is 3.23. The van der Waals surface area contributed by atoms with E-state index in [9.17, 15) is 9.59 Å². The SMILES string of the molecule is CC(C)(C)OC(=O)NCC1CN(Cc2ccccc2)CC(CNC(=O)OC(C)(C)C)O1. The van der Waals surface area contributed by atoms with Crippen LogP contribution in [0.1, 0.15) is 47.1 Å². The zero-order valence-corrected chi connectivity index (χ0v) is 19.6. The lowest BCUT2D eigenvalue weighted by Crippen LogP contribution is -2.54. The van der Waals surface area contributed by atoms with Crippen molar-refractivity contribution in [3.63, 3.8) is 0 Å². The van der Waals surface area contributed by atoms with E-state index in [4.69, 9.17) is 14.2 Å². The van der Waals surface area contributed by atoms with Gasteiger partial charge >= 0.3 is 12.2 Å². The third-order valence-electron chi connectivity index (χ3n) is 4.30. The number of hydrogen-bond donors (Lipinski definition) is 2. The van der Waals surface area contributed by atoms with Gasteiger partial charge in [0.1, 0.15) is 11.2 Å². The molecule has 2 N–H and O–H groups in total. The van der Waals surface area contributed by atoms with E-state index in [1.54, 1.807) is 0 Å². The van der Waals surface area contributed by atoms with Crippen LogP contribution >= 0.6 is 0 Å². The molecule has 2 rings (SSSR count). The topological polar surface area (TPSA) is 89.1 Å². The average Bonchev–Trinajstić information content (AvgIpc) is 2.63. The first kappa shape index (κ1) is 24.9. The highest BCUT2D eigenvalue weighted by Gasteiger charge is 2.29. The van der Waals surface area contributed by atoms with Crippen molar-refractivity contribution in [1.29, 1.82) is 0 Å². The molecular weight excluding hydrogens is 398 g/mol. The number of hydrogen-bond acceptors (Lipinski definition) is 6. The number of nitrogens with zero attached hydrogens (tertiary/aromatic N) is 1. The lowest BCUT2D eigenvalue weighted by Gasteiger charge is -2.38. The van der Waals surface area contributed by atoms with E-state index in [0.29, 0.717) is 26.2 Å². The number of benzene rings is 1. The molecule has 1 saturated heterocycles. The zero-order valence-electron chi connectivity index (χ0n) is 19.6. The molecule has 2 amide bonds. The first-order chi connectivity index (χ1) is 14.4. The molecule has 1 heterocycles. The van der Waals surface area contributed by atoms with Gasteiger partial charge in [0.25, 0.3) is 0 Å². The molecule has 1 aromatic rings. The molecule has 8 nitrogen and oxygen atoms in total. The van der Waals surface area contributed by atoms with E-state index in [2.05, 4.69) is 27.7 Å². The summed E-state index contributed by atoms with van der Waals surface area (Å²) >= 11 is 0. The Kier molecular flexibility index (Phi) is 8.70. The van der Waals surface area contributed by atoms with Crippen LogP contribution in [0.5, 0.6) is 0 Å². The van der Waals surface area contributed by atoms with Gasteiger partial charge in [-0.1, -0.05) is 30.3 Å². The largest absolute Gasteiger partial charge is 0.444 e. The highest BCUT2D eigenvalue weighted by atomic mass is 16.6. The van der Waals surface area contributed by atoms with Gasteiger partial charge in [-0.2, -0.15) is 0 Å². The number of alkyl carbamates (subject to hydrolysis) is 2. The van der Waals surface area contributed by atoms with E-state index in [1.807, 2.05) is 59.7 Å². The maximum atomic E-state index is 12.0. The van der Waals surface area contributed by atoms with Crippen LogP contribution in [0.4, 0.5) is 9.59 Å². The van der Waals surface area contributed by atoms with Crippen LogP contribution in [0.25, 0.3) is 0 Å². The molecule has 0 saturated carbocycles. The molecule has 2 unspecified atom stereocenters. The summed E-state index contributed by atoms with van der Waals surface area (Å²) in [6.45, 7) is 13.7. The van der Waals surface area contributed by atoms with E-state index in [0.717, 1.165) is 6.54 Å². The molecule has 1 aromatic carbocycles. The molecule has 1 aliphatic rings. The fourth-order valence-electron chi connectivity index (χ4n) is 3.23. The Morgan fingerprint density at radius 1 is 0.903 bits per heavy atom. The first-order valence-electron chi connectivity index (χ1n) is 10.7. The molecule has 8 heteroatoms. The Balaban J connectivity index is 1.95. The van der Waals surface area contributed by atoms with Crippen molar-refractivity contribution in [3.05, 3.63) is 35.9 Å². The number of morpholine rings is 1. The van der Waals surface area contributed by atoms with E-state index in [1.165, 1.54) is 5.56 Å². The molecule has 0 aliphatic carbocycles. The Hall–Kier alpha value is -2.32. The van der Waals surface area contributed by atoms with Crippen LogP contribution in [-0.4, -0.2) is 66.7 Å². The normalized spacial score (nSPS) is 20.1. The number of ether oxygens (including phenoxy) is 3. The summed E-state index contributed by atoms with van der Waals surface area (Å²) in [7, 11) is 0. The maximum Gasteiger partial charge on any atom is 0.407 e. The average molecular weight is 436 g/mol. The van der Waals surface area contributed by atoms with Gasteiger partial charge in [0.05, 0.1) is 12.2 Å². The van der Waals surface area contributed by atoms with Crippen LogP contribution < -0.4 is 10.6 Å². The van der Waals surface area contributed by atoms with Crippen molar-refractivity contribution in [1.82, 2.24) is 15.5 Å². The summed E-state index contributed by atoms with van der Waals surface area (Å²) in [5, 5.41) is 5.57. The minimum Gasteiger partial charge on any atom is -0.444 e. The molecule has 0 aromatic heterocycles. The molecule has 2 atom stereocenters. The molecule has 1 aliphatic heterocycles. The van der Waals surface area contributed by atoms with E-state index in [-0.39, 0.29) is 12.2 Å². The van der Waals surface area contributed by atoms with Crippen molar-refractivity contribution in [2.45, 2.75) is 71.5 Å². The standard InChI is InChI=1S/C23H37N3O5/c1-22(2,3)30-20(27)24-12-18-15-26(14-17-10-8-7-9-11-17)16-19(29-18)13-25-21(28)31-23(4,5)6/h7-11,18-19H,12-16H2,1-6H3,(H,24,27)(H,25,28). The Morgan fingerprint density at radius 3 is 1.77 bits per heavy atom. The van der Waals surface area contributed by atoms with Crippen LogP contribution in [0.15, 0.2) is 30.3 Å². The first-order valence-corrected chi connectivity index (χ1v) is 10.7. The lowest BCUT2D eigenvalue weighted by molar-refractivity contribution is -0.0846. The molecule has 0 spiro atoms. The molecule has 0 radical (unpaired) electrons. The molecule has 0 bridgehead atoms. The summed E-state index contributed by atoms with van der Waals surface area (Å²) < 4.78 is 16.8. The summed E-state index contributed by atoms with van der Waals surface area (Å²) in [4.78, 5) is 26.3. The molecular formula is C23H37N3O5. The highest BCUT2D eigenvalue weighted by molar-refractivity contribution is 5.68. The summed E-state index contributed by atoms with van der Waals surface area (Å²) in [6, 6.07) is 10.2. The van der Waals surface area contributed by atoms with Gasteiger partial charge < -0.3 is 24.8 Å². The van der Waals surface area contributed by atoms with Crippen LogP contribution in [0, 0.1) is 0 Å². The van der Waals surface area contributed by atoms with Crippen molar-refractivity contribution >= 4 is 12.2 Å². The third kappa shape index (κ3) is 10.5. The zero-order chi connectivity index (χ0) is 23.1. The lowest BCUT2D eigenvalue weighted by atomic mass is 10.1. The highest BCUT2D eigenvalue weighted by Crippen LogP contribution is 2.15. The minimum atomic E-state index is -0.559. The van der Waals surface area contributed by atoms with Gasteiger partial charge in [-0.3, -0.25) is 4.90 Å². The number of nitrogens with one attached hydrogen (secondary N) is 2. The smallest absolute Gasteiger partial charge is 0.407 e. The fraction of sp³-hybridized carbons (Fsp3) is 0.652. The minimum absolute atomic E-state index is 0.226. The van der Waals surface area contributed by atoms with Gasteiger partial charge in [0.2, 0.25) is 0 Å². The second-order valence-corrected chi connectivity index (χ2v) is 9.83. The monoisotopic (exact) mass is 435 g/mol. The van der Waals surface area contributed by atoms with Crippen LogP contribution in [0.3, 0.4) is 0 Å².